The predicted octanol–water partition coefficient (Wildman–Crippen LogP) is 3.50. The van der Waals surface area contributed by atoms with Crippen molar-refractivity contribution in [2.75, 3.05) is 24.7 Å². The number of anilines is 4. The highest BCUT2D eigenvalue weighted by Crippen LogP contribution is 2.40. The summed E-state index contributed by atoms with van der Waals surface area (Å²) in [6, 6.07) is 9.99. The van der Waals surface area contributed by atoms with E-state index in [0.29, 0.717) is 5.69 Å². The van der Waals surface area contributed by atoms with E-state index in [1.54, 1.807) is 12.1 Å². The van der Waals surface area contributed by atoms with E-state index in [2.05, 4.69) is 10.6 Å². The molecule has 0 bridgehead atoms. The van der Waals surface area contributed by atoms with Crippen LogP contribution in [0.3, 0.4) is 0 Å². The van der Waals surface area contributed by atoms with Crippen molar-refractivity contribution in [1.82, 2.24) is 4.31 Å². The van der Waals surface area contributed by atoms with Gasteiger partial charge < -0.3 is 15.7 Å². The molecule has 0 saturated carbocycles. The third kappa shape index (κ3) is 4.04. The number of halogens is 1. The maximum atomic E-state index is 12.5. The molecule has 0 amide bonds. The molecule has 0 radical (unpaired) electrons. The average molecular weight is 464 g/mol. The molecule has 8 nitrogen and oxygen atoms in total. The molecule has 0 aliphatic heterocycles. The van der Waals surface area contributed by atoms with E-state index in [0.717, 1.165) is 9.87 Å². The van der Waals surface area contributed by atoms with Crippen molar-refractivity contribution in [2.45, 2.75) is 24.7 Å². The molecular weight excluding hydrogens is 442 g/mol. The Hall–Kier alpha value is -2.88. The van der Waals surface area contributed by atoms with Crippen molar-refractivity contribution >= 4 is 44.4 Å². The number of hydrogen-bond acceptors (Lipinski definition) is 7. The molecule has 0 aliphatic rings. The van der Waals surface area contributed by atoms with Crippen molar-refractivity contribution < 1.29 is 13.5 Å². The molecule has 3 aromatic rings. The minimum Gasteiger partial charge on any atom is -0.504 e. The zero-order valence-electron chi connectivity index (χ0n) is 17.4. The summed E-state index contributed by atoms with van der Waals surface area (Å²) >= 11 is 6.01. The lowest BCUT2D eigenvalue weighted by Gasteiger charge is -2.20. The number of aromatic hydroxyl groups is 1. The lowest BCUT2D eigenvalue weighted by Crippen LogP contribution is -2.36. The molecule has 0 spiro atoms. The summed E-state index contributed by atoms with van der Waals surface area (Å²) in [6.45, 7) is 4.00. The first-order valence-electron chi connectivity index (χ1n) is 9.37. The van der Waals surface area contributed by atoms with Crippen molar-refractivity contribution in [3.05, 3.63) is 67.4 Å². The van der Waals surface area contributed by atoms with Crippen LogP contribution in [0.15, 0.2) is 50.9 Å². The molecular formula is C21H22ClN3O5S. The van der Waals surface area contributed by atoms with Gasteiger partial charge in [-0.05, 0) is 29.7 Å². The molecule has 0 unspecified atom stereocenters. The second-order valence-corrected chi connectivity index (χ2v) is 9.96. The van der Waals surface area contributed by atoms with Crippen molar-refractivity contribution in [3.63, 3.8) is 0 Å². The first-order valence-corrected chi connectivity index (χ1v) is 11.2. The number of nitrogens with zero attached hydrogens (tertiary/aromatic N) is 1. The summed E-state index contributed by atoms with van der Waals surface area (Å²) in [5, 5.41) is 16.1. The Morgan fingerprint density at radius 3 is 2.03 bits per heavy atom. The topological polar surface area (TPSA) is 116 Å². The van der Waals surface area contributed by atoms with Crippen molar-refractivity contribution in [3.8, 4) is 5.75 Å². The third-order valence-corrected chi connectivity index (χ3v) is 7.15. The van der Waals surface area contributed by atoms with Gasteiger partial charge in [0.05, 0.1) is 10.7 Å². The Bertz CT molecular complexity index is 1330. The molecule has 0 aliphatic carbocycles. The summed E-state index contributed by atoms with van der Waals surface area (Å²) in [5.74, 6) is -0.478. The number of para-hydroxylation sites is 1. The molecule has 0 fully saturated rings. The molecule has 10 heteroatoms. The van der Waals surface area contributed by atoms with Gasteiger partial charge in [-0.15, -0.1) is 0 Å². The van der Waals surface area contributed by atoms with Gasteiger partial charge in [-0.1, -0.05) is 43.6 Å². The second kappa shape index (κ2) is 8.33. The molecule has 31 heavy (non-hydrogen) atoms. The SMILES string of the molecule is CC(C)c1ccccc1Nc1c(Nc2ccc(Cl)c(S(=O)(=O)N(C)C)c2O)c(=O)c1=O. The van der Waals surface area contributed by atoms with Gasteiger partial charge in [-0.2, -0.15) is 0 Å². The number of sulfonamides is 1. The van der Waals surface area contributed by atoms with E-state index in [4.69, 9.17) is 11.6 Å². The maximum Gasteiger partial charge on any atom is 0.253 e. The molecule has 3 aromatic carbocycles. The normalized spacial score (nSPS) is 12.0. The number of rotatable bonds is 7. The van der Waals surface area contributed by atoms with Crippen molar-refractivity contribution in [2.24, 2.45) is 0 Å². The van der Waals surface area contributed by atoms with Gasteiger partial charge in [0.25, 0.3) is 10.9 Å². The molecule has 164 valence electrons. The minimum absolute atomic E-state index is 0.0319. The van der Waals surface area contributed by atoms with E-state index < -0.39 is 31.5 Å². The smallest absolute Gasteiger partial charge is 0.253 e. The van der Waals surface area contributed by atoms with Gasteiger partial charge in [0, 0.05) is 19.8 Å². The molecule has 0 heterocycles. The lowest BCUT2D eigenvalue weighted by molar-refractivity contribution is 0.455. The molecule has 3 rings (SSSR count). The summed E-state index contributed by atoms with van der Waals surface area (Å²) in [5.41, 5.74) is 0.0153. The van der Waals surface area contributed by atoms with E-state index in [9.17, 15) is 23.1 Å². The Balaban J connectivity index is 2.03. The van der Waals surface area contributed by atoms with Crippen LogP contribution in [0, 0.1) is 0 Å². The summed E-state index contributed by atoms with van der Waals surface area (Å²) in [6.07, 6.45) is 0. The van der Waals surface area contributed by atoms with E-state index >= 15 is 0 Å². The second-order valence-electron chi connectivity index (χ2n) is 7.46. The van der Waals surface area contributed by atoms with E-state index in [1.807, 2.05) is 26.0 Å². The van der Waals surface area contributed by atoms with Gasteiger partial charge in [0.15, 0.2) is 5.75 Å². The predicted molar refractivity (Wildman–Crippen MR) is 122 cm³/mol. The van der Waals surface area contributed by atoms with Crippen LogP contribution in [0.4, 0.5) is 22.7 Å². The van der Waals surface area contributed by atoms with Crippen LogP contribution in [0.1, 0.15) is 25.3 Å². The number of nitrogens with one attached hydrogen (secondary N) is 2. The maximum absolute atomic E-state index is 12.5. The summed E-state index contributed by atoms with van der Waals surface area (Å²) in [7, 11) is -1.46. The van der Waals surface area contributed by atoms with Crippen LogP contribution in [0.25, 0.3) is 0 Å². The minimum atomic E-state index is -4.06. The highest BCUT2D eigenvalue weighted by Gasteiger charge is 2.29. The fourth-order valence-electron chi connectivity index (χ4n) is 3.09. The van der Waals surface area contributed by atoms with Gasteiger partial charge in [0.2, 0.25) is 10.0 Å². The van der Waals surface area contributed by atoms with Gasteiger partial charge >= 0.3 is 0 Å². The third-order valence-electron chi connectivity index (χ3n) is 4.83. The Kier molecular flexibility index (Phi) is 6.13. The average Bonchev–Trinajstić information content (AvgIpc) is 2.71. The standard InChI is InChI=1S/C21H22ClN3O5S/c1-11(2)12-7-5-6-8-14(12)23-16-17(20(28)19(16)27)24-15-10-9-13(22)21(18(15)26)31(29,30)25(3)4/h5-11,23-24,26H,1-4H3. The molecule has 0 saturated heterocycles. The Morgan fingerprint density at radius 2 is 1.48 bits per heavy atom. The zero-order chi connectivity index (χ0) is 23.1. The molecule has 0 aromatic heterocycles. The van der Waals surface area contributed by atoms with Crippen molar-refractivity contribution in [1.29, 1.82) is 0 Å². The summed E-state index contributed by atoms with van der Waals surface area (Å²) in [4.78, 5) is 23.9. The largest absolute Gasteiger partial charge is 0.504 e. The van der Waals surface area contributed by atoms with Crippen LogP contribution < -0.4 is 21.5 Å². The number of hydrogen-bond donors (Lipinski definition) is 3. The van der Waals surface area contributed by atoms with Gasteiger partial charge in [-0.3, -0.25) is 9.59 Å². The van der Waals surface area contributed by atoms with Crippen LogP contribution in [0.2, 0.25) is 5.02 Å². The molecule has 3 N–H and O–H groups in total. The molecule has 0 atom stereocenters. The quantitative estimate of drug-likeness (QED) is 0.362. The van der Waals surface area contributed by atoms with Crippen LogP contribution >= 0.6 is 11.6 Å². The number of phenolic OH excluding ortho intramolecular Hbond substituents is 1. The number of phenols is 1. The number of benzene rings is 2. The first-order chi connectivity index (χ1) is 14.5. The summed E-state index contributed by atoms with van der Waals surface area (Å²) < 4.78 is 26.0. The Morgan fingerprint density at radius 1 is 0.935 bits per heavy atom. The zero-order valence-corrected chi connectivity index (χ0v) is 18.9. The van der Waals surface area contributed by atoms with E-state index in [-0.39, 0.29) is 28.0 Å². The first kappa shape index (κ1) is 22.8. The van der Waals surface area contributed by atoms with E-state index in [1.165, 1.54) is 26.2 Å². The monoisotopic (exact) mass is 463 g/mol. The van der Waals surface area contributed by atoms with Crippen LogP contribution in [-0.2, 0) is 10.0 Å². The van der Waals surface area contributed by atoms with Crippen LogP contribution in [0.5, 0.6) is 5.75 Å². The fraction of sp³-hybridized carbons (Fsp3) is 0.238. The lowest BCUT2D eigenvalue weighted by atomic mass is 10.0. The van der Waals surface area contributed by atoms with Gasteiger partial charge in [-0.25, -0.2) is 12.7 Å². The van der Waals surface area contributed by atoms with Gasteiger partial charge in [0.1, 0.15) is 16.3 Å². The Labute approximate surface area is 184 Å². The fourth-order valence-corrected chi connectivity index (χ4v) is 4.57. The highest BCUT2D eigenvalue weighted by atomic mass is 35.5. The van der Waals surface area contributed by atoms with Crippen LogP contribution in [-0.4, -0.2) is 31.9 Å². The highest BCUT2D eigenvalue weighted by molar-refractivity contribution is 7.89.